The van der Waals surface area contributed by atoms with Crippen molar-refractivity contribution in [1.29, 1.82) is 0 Å². The predicted octanol–water partition coefficient (Wildman–Crippen LogP) is 6.90. The topological polar surface area (TPSA) is 105 Å². The Morgan fingerprint density at radius 1 is 0.857 bits per heavy atom. The lowest BCUT2D eigenvalue weighted by atomic mass is 10.0. The van der Waals surface area contributed by atoms with E-state index in [9.17, 15) is 22.4 Å². The fraction of sp³-hybridized carbons (Fsp3) is 0.278. The van der Waals surface area contributed by atoms with E-state index < -0.39 is 40.2 Å². The van der Waals surface area contributed by atoms with Gasteiger partial charge in [0.1, 0.15) is 18.4 Å². The molecule has 260 valence electrons. The van der Waals surface area contributed by atoms with Gasteiger partial charge in [-0.1, -0.05) is 66.5 Å². The van der Waals surface area contributed by atoms with Crippen molar-refractivity contribution in [3.05, 3.63) is 118 Å². The normalized spacial score (nSPS) is 12.5. The zero-order valence-electron chi connectivity index (χ0n) is 27.5. The summed E-state index contributed by atoms with van der Waals surface area (Å²) >= 11 is 12.5. The number of halogens is 3. The van der Waals surface area contributed by atoms with Crippen molar-refractivity contribution in [1.82, 2.24) is 10.2 Å². The van der Waals surface area contributed by atoms with E-state index in [1.807, 2.05) is 44.2 Å². The molecule has 0 aliphatic carbocycles. The molecule has 1 N–H and O–H groups in total. The highest BCUT2D eigenvalue weighted by Crippen LogP contribution is 2.33. The summed E-state index contributed by atoms with van der Waals surface area (Å²) in [6.07, 6.45) is 0.779. The number of sulfonamides is 1. The predicted molar refractivity (Wildman–Crippen MR) is 189 cm³/mol. The molecule has 0 saturated carbocycles. The first kappa shape index (κ1) is 37.5. The second-order valence-corrected chi connectivity index (χ2v) is 14.0. The van der Waals surface area contributed by atoms with Crippen LogP contribution in [0.2, 0.25) is 10.0 Å². The summed E-state index contributed by atoms with van der Waals surface area (Å²) < 4.78 is 54.2. The number of anilines is 1. The van der Waals surface area contributed by atoms with Crippen LogP contribution in [0.15, 0.2) is 95.9 Å². The SMILES string of the molecule is CC[C@H](C)NC(=O)[C@@H](Cc1ccccc1)N(Cc1ccc(Cl)c(Cl)c1)C(=O)CN(c1ccc(F)cc1)S(=O)(=O)c1ccc(OC)c(OC)c1. The highest BCUT2D eigenvalue weighted by molar-refractivity contribution is 7.92. The fourth-order valence-electron chi connectivity index (χ4n) is 5.07. The van der Waals surface area contributed by atoms with Crippen LogP contribution < -0.4 is 19.1 Å². The maximum absolute atomic E-state index is 14.6. The molecular formula is C36H38Cl2FN3O6S. The van der Waals surface area contributed by atoms with Gasteiger partial charge in [0.15, 0.2) is 11.5 Å². The molecule has 2 amide bonds. The molecule has 9 nitrogen and oxygen atoms in total. The van der Waals surface area contributed by atoms with Crippen LogP contribution in [0.25, 0.3) is 0 Å². The molecule has 4 aromatic carbocycles. The third-order valence-electron chi connectivity index (χ3n) is 7.95. The Hall–Kier alpha value is -4.32. The number of ether oxygens (including phenoxy) is 2. The van der Waals surface area contributed by atoms with Crippen LogP contribution in [-0.2, 0) is 32.6 Å². The first-order valence-corrected chi connectivity index (χ1v) is 17.7. The molecule has 0 bridgehead atoms. The number of nitrogens with one attached hydrogen (secondary N) is 1. The minimum atomic E-state index is -4.48. The molecule has 0 saturated heterocycles. The third-order valence-corrected chi connectivity index (χ3v) is 10.5. The summed E-state index contributed by atoms with van der Waals surface area (Å²) in [6, 6.07) is 21.6. The molecule has 0 aliphatic heterocycles. The molecule has 0 aromatic heterocycles. The standard InChI is InChI=1S/C36H38Cl2FN3O6S/c1-5-24(2)40-36(44)32(20-25-9-7-6-8-10-25)41(22-26-11-17-30(37)31(38)19-26)35(43)23-42(28-14-12-27(39)13-15-28)49(45,46)29-16-18-33(47-3)34(21-29)48-4/h6-19,21,24,32H,5,20,22-23H2,1-4H3,(H,40,44)/t24-,32+/m0/s1. The Morgan fingerprint density at radius 2 is 1.53 bits per heavy atom. The van der Waals surface area contributed by atoms with Crippen LogP contribution in [-0.4, -0.2) is 58.0 Å². The van der Waals surface area contributed by atoms with E-state index >= 15 is 0 Å². The third kappa shape index (κ3) is 9.44. The molecule has 4 rings (SSSR count). The molecule has 0 radical (unpaired) electrons. The zero-order valence-corrected chi connectivity index (χ0v) is 29.9. The average Bonchev–Trinajstić information content (AvgIpc) is 3.10. The Labute approximate surface area is 296 Å². The lowest BCUT2D eigenvalue weighted by molar-refractivity contribution is -0.140. The average molecular weight is 731 g/mol. The molecule has 0 fully saturated rings. The van der Waals surface area contributed by atoms with Crippen LogP contribution in [0.5, 0.6) is 11.5 Å². The van der Waals surface area contributed by atoms with Crippen molar-refractivity contribution in [2.75, 3.05) is 25.1 Å². The van der Waals surface area contributed by atoms with Crippen LogP contribution >= 0.6 is 23.2 Å². The monoisotopic (exact) mass is 729 g/mol. The minimum Gasteiger partial charge on any atom is -0.493 e. The second-order valence-electron chi connectivity index (χ2n) is 11.3. The van der Waals surface area contributed by atoms with Crippen molar-refractivity contribution >= 4 is 50.7 Å². The number of carbonyl (C=O) groups excluding carboxylic acids is 2. The van der Waals surface area contributed by atoms with E-state index in [0.717, 1.165) is 22.0 Å². The van der Waals surface area contributed by atoms with Crippen molar-refractivity contribution in [3.63, 3.8) is 0 Å². The van der Waals surface area contributed by atoms with Gasteiger partial charge in [0.2, 0.25) is 11.8 Å². The number of hydrogen-bond acceptors (Lipinski definition) is 6. The van der Waals surface area contributed by atoms with Gasteiger partial charge < -0.3 is 19.7 Å². The van der Waals surface area contributed by atoms with Crippen molar-refractivity contribution in [2.24, 2.45) is 0 Å². The van der Waals surface area contributed by atoms with Crippen LogP contribution in [0.1, 0.15) is 31.4 Å². The van der Waals surface area contributed by atoms with Crippen molar-refractivity contribution in [2.45, 2.75) is 50.2 Å². The lowest BCUT2D eigenvalue weighted by Crippen LogP contribution is -2.54. The van der Waals surface area contributed by atoms with Crippen molar-refractivity contribution < 1.29 is 31.9 Å². The maximum Gasteiger partial charge on any atom is 0.264 e. The molecule has 0 heterocycles. The van der Waals surface area contributed by atoms with Gasteiger partial charge in [-0.05, 0) is 73.0 Å². The van der Waals surface area contributed by atoms with Crippen molar-refractivity contribution in [3.8, 4) is 11.5 Å². The van der Waals surface area contributed by atoms with E-state index in [-0.39, 0.29) is 40.4 Å². The quantitative estimate of drug-likeness (QED) is 0.143. The Morgan fingerprint density at radius 3 is 2.14 bits per heavy atom. The van der Waals surface area contributed by atoms with Gasteiger partial charge in [-0.2, -0.15) is 0 Å². The van der Waals surface area contributed by atoms with Gasteiger partial charge in [-0.25, -0.2) is 12.8 Å². The Balaban J connectivity index is 1.84. The van der Waals surface area contributed by atoms with Crippen LogP contribution in [0, 0.1) is 5.82 Å². The van der Waals surface area contributed by atoms with Gasteiger partial charge in [-0.3, -0.25) is 13.9 Å². The summed E-state index contributed by atoms with van der Waals surface area (Å²) in [5.41, 5.74) is 1.38. The number of nitrogens with zero attached hydrogens (tertiary/aromatic N) is 2. The Kier molecular flexibility index (Phi) is 12.9. The second kappa shape index (κ2) is 16.9. The van der Waals surface area contributed by atoms with E-state index in [1.54, 1.807) is 18.2 Å². The van der Waals surface area contributed by atoms with Gasteiger partial charge in [0, 0.05) is 25.1 Å². The van der Waals surface area contributed by atoms with E-state index in [4.69, 9.17) is 32.7 Å². The zero-order chi connectivity index (χ0) is 35.7. The van der Waals surface area contributed by atoms with Crippen LogP contribution in [0.3, 0.4) is 0 Å². The van der Waals surface area contributed by atoms with E-state index in [1.165, 1.54) is 49.5 Å². The summed E-state index contributed by atoms with van der Waals surface area (Å²) in [4.78, 5) is 29.7. The summed E-state index contributed by atoms with van der Waals surface area (Å²) in [5.74, 6) is -1.25. The highest BCUT2D eigenvalue weighted by atomic mass is 35.5. The fourth-order valence-corrected chi connectivity index (χ4v) is 6.82. The maximum atomic E-state index is 14.6. The van der Waals surface area contributed by atoms with Gasteiger partial charge in [-0.15, -0.1) is 0 Å². The highest BCUT2D eigenvalue weighted by Gasteiger charge is 2.35. The first-order chi connectivity index (χ1) is 23.4. The number of rotatable bonds is 15. The van der Waals surface area contributed by atoms with Gasteiger partial charge in [0.05, 0.1) is 34.8 Å². The van der Waals surface area contributed by atoms with E-state index in [2.05, 4.69) is 5.32 Å². The largest absolute Gasteiger partial charge is 0.493 e. The first-order valence-electron chi connectivity index (χ1n) is 15.5. The number of benzene rings is 4. The Bertz CT molecular complexity index is 1860. The minimum absolute atomic E-state index is 0.0303. The summed E-state index contributed by atoms with van der Waals surface area (Å²) in [5, 5.41) is 3.54. The lowest BCUT2D eigenvalue weighted by Gasteiger charge is -2.34. The number of amides is 2. The van der Waals surface area contributed by atoms with Gasteiger partial charge >= 0.3 is 0 Å². The smallest absolute Gasteiger partial charge is 0.264 e. The molecule has 0 aliphatic rings. The number of hydrogen-bond donors (Lipinski definition) is 1. The number of carbonyl (C=O) groups is 2. The molecule has 2 atom stereocenters. The molecule has 13 heteroatoms. The molecule has 0 unspecified atom stereocenters. The van der Waals surface area contributed by atoms with Crippen LogP contribution in [0.4, 0.5) is 10.1 Å². The molecular weight excluding hydrogens is 692 g/mol. The molecule has 0 spiro atoms. The summed E-state index contributed by atoms with van der Waals surface area (Å²) in [7, 11) is -1.69. The number of methoxy groups -OCH3 is 2. The summed E-state index contributed by atoms with van der Waals surface area (Å²) in [6.45, 7) is 2.95. The van der Waals surface area contributed by atoms with E-state index in [0.29, 0.717) is 22.8 Å². The molecule has 4 aromatic rings. The van der Waals surface area contributed by atoms with Gasteiger partial charge in [0.25, 0.3) is 10.0 Å². The molecule has 49 heavy (non-hydrogen) atoms.